The molecule has 1 aliphatic heterocycles. The van der Waals surface area contributed by atoms with Crippen LogP contribution in [-0.4, -0.2) is 74.2 Å². The Bertz CT molecular complexity index is 1840. The first kappa shape index (κ1) is 28.5. The smallest absolute Gasteiger partial charge is 0.268 e. The molecule has 4 aromatic rings. The predicted molar refractivity (Wildman–Crippen MR) is 171 cm³/mol. The number of rotatable bonds is 8. The van der Waals surface area contributed by atoms with Gasteiger partial charge >= 0.3 is 0 Å². The second-order valence-corrected chi connectivity index (χ2v) is 14.0. The number of carbonyl (C=O) groups excluding carboxylic acids is 2. The maximum absolute atomic E-state index is 13.7. The number of aryl methyl sites for hydroxylation is 1. The van der Waals surface area contributed by atoms with Crippen molar-refractivity contribution in [3.8, 4) is 17.3 Å². The molecule has 4 saturated carbocycles. The van der Waals surface area contributed by atoms with E-state index in [1.807, 2.05) is 38.2 Å². The van der Waals surface area contributed by atoms with E-state index in [1.54, 1.807) is 18.2 Å². The third-order valence-electron chi connectivity index (χ3n) is 10.7. The summed E-state index contributed by atoms with van der Waals surface area (Å²) in [4.78, 5) is 36.9. The number of hydrogen-bond donors (Lipinski definition) is 2. The van der Waals surface area contributed by atoms with Gasteiger partial charge in [0.05, 0.1) is 36.6 Å². The van der Waals surface area contributed by atoms with Gasteiger partial charge in [-0.15, -0.1) is 0 Å². The van der Waals surface area contributed by atoms with Crippen molar-refractivity contribution in [2.45, 2.75) is 64.1 Å². The lowest BCUT2D eigenvalue weighted by Gasteiger charge is -2.60. The number of carbonyl (C=O) groups is 2. The number of nitrogens with zero attached hydrogens (tertiary/aromatic N) is 6. The maximum Gasteiger partial charge on any atom is 0.268 e. The number of benzene rings is 1. The molecular formula is C34H42N8O3. The van der Waals surface area contributed by atoms with Gasteiger partial charge in [-0.25, -0.2) is 15.0 Å². The topological polar surface area (TPSA) is 124 Å². The zero-order valence-electron chi connectivity index (χ0n) is 26.5. The Kier molecular flexibility index (Phi) is 6.51. The van der Waals surface area contributed by atoms with Gasteiger partial charge in [0.2, 0.25) is 5.91 Å². The first-order valence-corrected chi connectivity index (χ1v) is 16.3. The van der Waals surface area contributed by atoms with Gasteiger partial charge in [0.25, 0.3) is 5.91 Å². The number of hydrogen-bond acceptors (Lipinski definition) is 7. The fraction of sp³-hybridized carbons (Fsp3) is 0.529. The summed E-state index contributed by atoms with van der Waals surface area (Å²) in [6.45, 7) is 4.08. The van der Waals surface area contributed by atoms with E-state index in [-0.39, 0.29) is 29.3 Å². The number of ether oxygens (including phenoxy) is 1. The van der Waals surface area contributed by atoms with Crippen LogP contribution in [0, 0.1) is 17.3 Å². The molecule has 2 amide bonds. The summed E-state index contributed by atoms with van der Waals surface area (Å²) >= 11 is 0. The van der Waals surface area contributed by atoms with E-state index in [4.69, 9.17) is 20.4 Å². The minimum Gasteiger partial charge on any atom is -0.494 e. The summed E-state index contributed by atoms with van der Waals surface area (Å²) in [7, 11) is 5.54. The molecule has 236 valence electrons. The summed E-state index contributed by atoms with van der Waals surface area (Å²) < 4.78 is 10.2. The molecule has 3 aromatic heterocycles. The standard InChI is InChI=1S/C34H42N8O3/c1-19(36-33(44)34-14-21(15-34)16-34)25-8-7-22-12-27(41(30(22)37-25)17-20-5-6-20)31-38-26-11-23(13-28(45-4)29(26)40(31)3)32(43)42-18-24(35)9-10-39(42)2/h7-8,11-13,19-21,24H,5-6,9-10,14-18,35H2,1-4H3,(H,36,44)/t19-,21?,24-,34?/m1/s1. The highest BCUT2D eigenvalue weighted by Gasteiger charge is 2.61. The Morgan fingerprint density at radius 2 is 1.89 bits per heavy atom. The van der Waals surface area contributed by atoms with Gasteiger partial charge in [-0.2, -0.15) is 0 Å². The number of hydrazine groups is 1. The number of nitrogens with one attached hydrogen (secondary N) is 1. The fourth-order valence-electron chi connectivity index (χ4n) is 7.62. The van der Waals surface area contributed by atoms with E-state index >= 15 is 0 Å². The zero-order chi connectivity index (χ0) is 31.2. The van der Waals surface area contributed by atoms with Crippen LogP contribution in [0.25, 0.3) is 33.6 Å². The van der Waals surface area contributed by atoms with Crippen molar-refractivity contribution < 1.29 is 14.3 Å². The van der Waals surface area contributed by atoms with E-state index in [2.05, 4.69) is 26.6 Å². The van der Waals surface area contributed by atoms with Crippen molar-refractivity contribution in [2.24, 2.45) is 30.0 Å². The highest BCUT2D eigenvalue weighted by molar-refractivity contribution is 6.00. The van der Waals surface area contributed by atoms with E-state index in [0.29, 0.717) is 29.3 Å². The number of nitrogens with two attached hydrogens (primary N) is 1. The molecule has 1 aromatic carbocycles. The number of aromatic nitrogens is 4. The molecule has 9 rings (SSSR count). The van der Waals surface area contributed by atoms with Crippen LogP contribution in [0.4, 0.5) is 0 Å². The Labute approximate surface area is 262 Å². The molecule has 45 heavy (non-hydrogen) atoms. The van der Waals surface area contributed by atoms with Gasteiger partial charge in [0, 0.05) is 49.6 Å². The average molecular weight is 611 g/mol. The molecule has 4 heterocycles. The van der Waals surface area contributed by atoms with E-state index in [9.17, 15) is 9.59 Å². The van der Waals surface area contributed by atoms with Gasteiger partial charge in [0.1, 0.15) is 16.9 Å². The van der Waals surface area contributed by atoms with E-state index in [0.717, 1.165) is 78.5 Å². The summed E-state index contributed by atoms with van der Waals surface area (Å²) in [6, 6.07) is 9.73. The van der Waals surface area contributed by atoms with Crippen molar-refractivity contribution in [3.63, 3.8) is 0 Å². The molecule has 0 spiro atoms. The van der Waals surface area contributed by atoms with Crippen LogP contribution in [0.15, 0.2) is 30.3 Å². The van der Waals surface area contributed by atoms with Crippen molar-refractivity contribution >= 4 is 33.9 Å². The normalized spacial score (nSPS) is 25.2. The van der Waals surface area contributed by atoms with Gasteiger partial charge in [-0.3, -0.25) is 14.6 Å². The number of methoxy groups -OCH3 is 1. The molecule has 11 heteroatoms. The summed E-state index contributed by atoms with van der Waals surface area (Å²) in [5.74, 6) is 2.81. The second kappa shape index (κ2) is 10.3. The Morgan fingerprint density at radius 3 is 2.58 bits per heavy atom. The fourth-order valence-corrected chi connectivity index (χ4v) is 7.62. The van der Waals surface area contributed by atoms with Gasteiger partial charge in [-0.05, 0) is 87.6 Å². The van der Waals surface area contributed by atoms with Crippen molar-refractivity contribution in [1.29, 1.82) is 0 Å². The summed E-state index contributed by atoms with van der Waals surface area (Å²) in [5, 5.41) is 7.94. The summed E-state index contributed by atoms with van der Waals surface area (Å²) in [5.41, 5.74) is 10.9. The molecule has 2 bridgehead atoms. The Balaban J connectivity index is 1.17. The Hall–Kier alpha value is -3.96. The third-order valence-corrected chi connectivity index (χ3v) is 10.7. The molecule has 2 atom stereocenters. The minimum absolute atomic E-state index is 0.0491. The molecule has 5 fully saturated rings. The Morgan fingerprint density at radius 1 is 1.11 bits per heavy atom. The molecule has 5 aliphatic rings. The van der Waals surface area contributed by atoms with Crippen LogP contribution in [0.1, 0.15) is 67.5 Å². The second-order valence-electron chi connectivity index (χ2n) is 14.0. The van der Waals surface area contributed by atoms with Gasteiger partial charge in [0.15, 0.2) is 5.82 Å². The van der Waals surface area contributed by atoms with Crippen molar-refractivity contribution in [3.05, 3.63) is 41.6 Å². The van der Waals surface area contributed by atoms with Crippen LogP contribution >= 0.6 is 0 Å². The lowest BCUT2D eigenvalue weighted by atomic mass is 9.44. The number of amides is 2. The van der Waals surface area contributed by atoms with Crippen molar-refractivity contribution in [1.82, 2.24) is 34.4 Å². The molecule has 11 nitrogen and oxygen atoms in total. The maximum atomic E-state index is 13.7. The molecule has 4 aliphatic carbocycles. The predicted octanol–water partition coefficient (Wildman–Crippen LogP) is 4.01. The highest BCUT2D eigenvalue weighted by atomic mass is 16.5. The average Bonchev–Trinajstić information content (AvgIpc) is 3.64. The zero-order valence-corrected chi connectivity index (χ0v) is 26.5. The molecule has 3 N–H and O–H groups in total. The van der Waals surface area contributed by atoms with Crippen LogP contribution in [0.2, 0.25) is 0 Å². The highest BCUT2D eigenvalue weighted by Crippen LogP contribution is 2.64. The molecule has 1 saturated heterocycles. The van der Waals surface area contributed by atoms with E-state index in [1.165, 1.54) is 12.8 Å². The van der Waals surface area contributed by atoms with Gasteiger partial charge in [-0.1, -0.05) is 0 Å². The summed E-state index contributed by atoms with van der Waals surface area (Å²) in [6.07, 6.45) is 6.36. The largest absolute Gasteiger partial charge is 0.494 e. The van der Waals surface area contributed by atoms with E-state index < -0.39 is 0 Å². The van der Waals surface area contributed by atoms with Crippen LogP contribution in [0.3, 0.4) is 0 Å². The van der Waals surface area contributed by atoms with Crippen LogP contribution in [-0.2, 0) is 18.4 Å². The lowest BCUT2D eigenvalue weighted by Crippen LogP contribution is -2.60. The van der Waals surface area contributed by atoms with Gasteiger partial charge < -0.3 is 24.9 Å². The third kappa shape index (κ3) is 4.62. The molecule has 0 unspecified atom stereocenters. The first-order valence-electron chi connectivity index (χ1n) is 16.3. The molecular weight excluding hydrogens is 568 g/mol. The van der Waals surface area contributed by atoms with Crippen LogP contribution < -0.4 is 15.8 Å². The SMILES string of the molecule is COc1cc(C(=O)N2C[C@H](N)CCN2C)cc2nc(-c3cc4ccc([C@@H](C)NC(=O)C56CC(C5)C6)nc4n3CC3CC3)n(C)c12. The number of imidazole rings is 1. The van der Waals surface area contributed by atoms with Crippen molar-refractivity contribution in [2.75, 3.05) is 27.2 Å². The molecule has 0 radical (unpaired) electrons. The minimum atomic E-state index is -0.173. The first-order chi connectivity index (χ1) is 21.6. The monoisotopic (exact) mass is 610 g/mol. The number of pyridine rings is 1. The quantitative estimate of drug-likeness (QED) is 0.309. The number of fused-ring (bicyclic) bond motifs is 2. The van der Waals surface area contributed by atoms with Crippen LogP contribution in [0.5, 0.6) is 5.75 Å². The lowest BCUT2D eigenvalue weighted by molar-refractivity contribution is -0.165.